The maximum absolute atomic E-state index is 10.8. The Hall–Kier alpha value is -2.30. The number of benzene rings is 1. The van der Waals surface area contributed by atoms with Crippen LogP contribution in [0.1, 0.15) is 0 Å². The van der Waals surface area contributed by atoms with E-state index in [1.54, 1.807) is 6.07 Å². The lowest BCUT2D eigenvalue weighted by molar-refractivity contribution is 0.502. The Balaban J connectivity index is 2.24. The van der Waals surface area contributed by atoms with Crippen molar-refractivity contribution >= 4 is 11.0 Å². The van der Waals surface area contributed by atoms with Gasteiger partial charge in [-0.3, -0.25) is 0 Å². The Morgan fingerprint density at radius 3 is 2.80 bits per heavy atom. The highest BCUT2D eigenvalue weighted by Gasteiger charge is 2.10. The van der Waals surface area contributed by atoms with Crippen LogP contribution in [0, 0.1) is 0 Å². The van der Waals surface area contributed by atoms with E-state index in [1.165, 1.54) is 0 Å². The predicted octanol–water partition coefficient (Wildman–Crippen LogP) is 1.78. The van der Waals surface area contributed by atoms with E-state index in [4.69, 9.17) is 8.83 Å². The SMILES string of the molecule is O=c1[nH]nc(-c2cc3ccccc3o2)o1. The standard InChI is InChI=1S/C10H6N2O3/c13-10-12-11-9(15-10)8-5-6-3-1-2-4-7(6)14-8/h1-5H,(H,12,13). The second-order valence-electron chi connectivity index (χ2n) is 3.07. The van der Waals surface area contributed by atoms with Gasteiger partial charge in [-0.25, -0.2) is 9.89 Å². The molecular formula is C10H6N2O3. The highest BCUT2D eigenvalue weighted by molar-refractivity contribution is 5.81. The largest absolute Gasteiger partial charge is 0.451 e. The van der Waals surface area contributed by atoms with Crippen LogP contribution in [-0.4, -0.2) is 10.2 Å². The maximum atomic E-state index is 10.8. The summed E-state index contributed by atoms with van der Waals surface area (Å²) in [4.78, 5) is 10.8. The van der Waals surface area contributed by atoms with Crippen molar-refractivity contribution in [1.29, 1.82) is 0 Å². The van der Waals surface area contributed by atoms with Crippen LogP contribution in [0.15, 0.2) is 44.0 Å². The minimum atomic E-state index is -0.592. The van der Waals surface area contributed by atoms with Gasteiger partial charge in [-0.1, -0.05) is 18.2 Å². The number of H-pyrrole nitrogens is 1. The molecule has 15 heavy (non-hydrogen) atoms. The molecule has 74 valence electrons. The third-order valence-corrected chi connectivity index (χ3v) is 2.07. The zero-order valence-electron chi connectivity index (χ0n) is 7.56. The molecule has 0 bridgehead atoms. The van der Waals surface area contributed by atoms with Crippen LogP contribution in [0.4, 0.5) is 0 Å². The molecule has 2 aromatic heterocycles. The van der Waals surface area contributed by atoms with Crippen molar-refractivity contribution in [2.75, 3.05) is 0 Å². The van der Waals surface area contributed by atoms with E-state index >= 15 is 0 Å². The van der Waals surface area contributed by atoms with Crippen LogP contribution in [0.3, 0.4) is 0 Å². The number of aromatic amines is 1. The topological polar surface area (TPSA) is 72.0 Å². The van der Waals surface area contributed by atoms with Gasteiger partial charge in [0.2, 0.25) is 0 Å². The fraction of sp³-hybridized carbons (Fsp3) is 0. The van der Waals surface area contributed by atoms with Crippen LogP contribution in [-0.2, 0) is 0 Å². The molecule has 0 aliphatic rings. The van der Waals surface area contributed by atoms with Gasteiger partial charge in [0.15, 0.2) is 5.76 Å². The molecule has 3 rings (SSSR count). The quantitative estimate of drug-likeness (QED) is 0.652. The van der Waals surface area contributed by atoms with Gasteiger partial charge in [-0.2, -0.15) is 0 Å². The van der Waals surface area contributed by atoms with E-state index in [-0.39, 0.29) is 5.89 Å². The Morgan fingerprint density at radius 2 is 2.07 bits per heavy atom. The number of hydrogen-bond donors (Lipinski definition) is 1. The summed E-state index contributed by atoms with van der Waals surface area (Å²) in [6.07, 6.45) is 0. The summed E-state index contributed by atoms with van der Waals surface area (Å²) < 4.78 is 10.2. The normalized spacial score (nSPS) is 10.9. The molecule has 0 spiro atoms. The highest BCUT2D eigenvalue weighted by atomic mass is 16.4. The van der Waals surface area contributed by atoms with Crippen molar-refractivity contribution in [3.05, 3.63) is 40.9 Å². The third kappa shape index (κ3) is 1.25. The zero-order valence-corrected chi connectivity index (χ0v) is 7.56. The lowest BCUT2D eigenvalue weighted by Crippen LogP contribution is -1.93. The molecule has 2 heterocycles. The van der Waals surface area contributed by atoms with E-state index < -0.39 is 5.76 Å². The summed E-state index contributed by atoms with van der Waals surface area (Å²) in [5.74, 6) is 0.0104. The first-order chi connectivity index (χ1) is 7.33. The van der Waals surface area contributed by atoms with Crippen LogP contribution in [0.25, 0.3) is 22.6 Å². The number of nitrogens with one attached hydrogen (secondary N) is 1. The molecule has 0 amide bonds. The van der Waals surface area contributed by atoms with Crippen molar-refractivity contribution in [3.8, 4) is 11.7 Å². The van der Waals surface area contributed by atoms with Gasteiger partial charge in [0, 0.05) is 5.39 Å². The number of rotatable bonds is 1. The average Bonchev–Trinajstić information content (AvgIpc) is 2.82. The second-order valence-corrected chi connectivity index (χ2v) is 3.07. The van der Waals surface area contributed by atoms with Crippen molar-refractivity contribution in [2.24, 2.45) is 0 Å². The smallest absolute Gasteiger partial charge is 0.434 e. The molecule has 0 fully saturated rings. The summed E-state index contributed by atoms with van der Waals surface area (Å²) >= 11 is 0. The molecule has 5 nitrogen and oxygen atoms in total. The molecule has 0 aliphatic carbocycles. The fourth-order valence-corrected chi connectivity index (χ4v) is 1.42. The molecule has 0 atom stereocenters. The monoisotopic (exact) mass is 202 g/mol. The van der Waals surface area contributed by atoms with Gasteiger partial charge in [0.1, 0.15) is 5.58 Å². The molecule has 0 unspecified atom stereocenters. The summed E-state index contributed by atoms with van der Waals surface area (Å²) in [5.41, 5.74) is 0.734. The van der Waals surface area contributed by atoms with Gasteiger partial charge in [0.05, 0.1) is 0 Å². The summed E-state index contributed by atoms with van der Waals surface area (Å²) in [7, 11) is 0. The molecule has 5 heteroatoms. The Kier molecular flexibility index (Phi) is 1.53. The second kappa shape index (κ2) is 2.84. The Labute approximate surface area is 83.3 Å². The molecule has 0 saturated heterocycles. The van der Waals surface area contributed by atoms with Crippen LogP contribution < -0.4 is 5.76 Å². The van der Waals surface area contributed by atoms with E-state index in [1.807, 2.05) is 24.3 Å². The average molecular weight is 202 g/mol. The number of fused-ring (bicyclic) bond motifs is 1. The molecule has 1 aromatic carbocycles. The number of para-hydroxylation sites is 1. The first-order valence-corrected chi connectivity index (χ1v) is 4.37. The number of aromatic nitrogens is 2. The molecule has 0 saturated carbocycles. The van der Waals surface area contributed by atoms with Crippen LogP contribution in [0.2, 0.25) is 0 Å². The van der Waals surface area contributed by atoms with Gasteiger partial charge < -0.3 is 8.83 Å². The predicted molar refractivity (Wildman–Crippen MR) is 52.3 cm³/mol. The summed E-state index contributed by atoms with van der Waals surface area (Å²) in [6, 6.07) is 9.30. The first-order valence-electron chi connectivity index (χ1n) is 4.37. The zero-order chi connectivity index (χ0) is 10.3. The number of hydrogen-bond acceptors (Lipinski definition) is 4. The number of furan rings is 1. The first kappa shape index (κ1) is 8.05. The minimum absolute atomic E-state index is 0.163. The molecule has 1 N–H and O–H groups in total. The van der Waals surface area contributed by atoms with Gasteiger partial charge in [0.25, 0.3) is 5.89 Å². The van der Waals surface area contributed by atoms with Crippen molar-refractivity contribution in [2.45, 2.75) is 0 Å². The molecule has 3 aromatic rings. The lowest BCUT2D eigenvalue weighted by atomic mass is 10.2. The van der Waals surface area contributed by atoms with E-state index in [2.05, 4.69) is 10.2 Å². The molecule has 0 aliphatic heterocycles. The van der Waals surface area contributed by atoms with E-state index in [9.17, 15) is 4.79 Å². The van der Waals surface area contributed by atoms with Gasteiger partial charge >= 0.3 is 5.76 Å². The summed E-state index contributed by atoms with van der Waals surface area (Å²) in [5, 5.41) is 6.81. The van der Waals surface area contributed by atoms with Gasteiger partial charge in [-0.15, -0.1) is 5.10 Å². The van der Waals surface area contributed by atoms with Crippen molar-refractivity contribution in [3.63, 3.8) is 0 Å². The lowest BCUT2D eigenvalue weighted by Gasteiger charge is -1.84. The fourth-order valence-electron chi connectivity index (χ4n) is 1.42. The van der Waals surface area contributed by atoms with E-state index in [0.717, 1.165) is 11.0 Å². The van der Waals surface area contributed by atoms with Crippen LogP contribution >= 0.6 is 0 Å². The van der Waals surface area contributed by atoms with E-state index in [0.29, 0.717) is 5.76 Å². The van der Waals surface area contributed by atoms with Crippen molar-refractivity contribution in [1.82, 2.24) is 10.2 Å². The third-order valence-electron chi connectivity index (χ3n) is 2.07. The summed E-state index contributed by atoms with van der Waals surface area (Å²) in [6.45, 7) is 0. The minimum Gasteiger partial charge on any atom is -0.451 e. The maximum Gasteiger partial charge on any atom is 0.434 e. The molecular weight excluding hydrogens is 196 g/mol. The Bertz CT molecular complexity index is 629. The Morgan fingerprint density at radius 1 is 1.20 bits per heavy atom. The van der Waals surface area contributed by atoms with Crippen molar-refractivity contribution < 1.29 is 8.83 Å². The van der Waals surface area contributed by atoms with Crippen LogP contribution in [0.5, 0.6) is 0 Å². The molecule has 0 radical (unpaired) electrons. The van der Waals surface area contributed by atoms with Gasteiger partial charge in [-0.05, 0) is 12.1 Å². The number of nitrogens with zero attached hydrogens (tertiary/aromatic N) is 1. The highest BCUT2D eigenvalue weighted by Crippen LogP contribution is 2.25.